The van der Waals surface area contributed by atoms with Crippen LogP contribution in [0, 0.1) is 5.82 Å². The van der Waals surface area contributed by atoms with Gasteiger partial charge in [-0.2, -0.15) is 5.10 Å². The highest BCUT2D eigenvalue weighted by atomic mass is 35.5. The van der Waals surface area contributed by atoms with Crippen LogP contribution in [0.4, 0.5) is 10.2 Å². The van der Waals surface area contributed by atoms with Crippen molar-refractivity contribution in [1.82, 2.24) is 14.8 Å². The molecule has 0 bridgehead atoms. The molecule has 0 aliphatic rings. The van der Waals surface area contributed by atoms with Crippen molar-refractivity contribution < 1.29 is 9.18 Å². The SMILES string of the molecule is Cn1nc(-c2ccc(Cl)c(Cl)c2)c(-c2ccncc2)c1NC(=O)C(Cl)c1ccc(F)cc1. The number of alkyl halides is 1. The summed E-state index contributed by atoms with van der Waals surface area (Å²) in [6.07, 6.45) is 3.30. The Hall–Kier alpha value is -2.93. The second kappa shape index (κ2) is 9.28. The number of nitrogens with zero attached hydrogens (tertiary/aromatic N) is 3. The maximum absolute atomic E-state index is 13.2. The molecule has 0 saturated heterocycles. The summed E-state index contributed by atoms with van der Waals surface area (Å²) in [4.78, 5) is 17.0. The van der Waals surface area contributed by atoms with Crippen LogP contribution in [-0.4, -0.2) is 20.7 Å². The Kier molecular flexibility index (Phi) is 6.46. The molecule has 1 amide bonds. The largest absolute Gasteiger partial charge is 0.309 e. The molecule has 0 fully saturated rings. The fourth-order valence-electron chi connectivity index (χ4n) is 3.27. The Morgan fingerprint density at radius 3 is 2.34 bits per heavy atom. The first kappa shape index (κ1) is 22.3. The number of nitrogens with one attached hydrogen (secondary N) is 1. The molecule has 9 heteroatoms. The van der Waals surface area contributed by atoms with E-state index in [9.17, 15) is 9.18 Å². The third-order valence-electron chi connectivity index (χ3n) is 4.84. The molecule has 0 saturated carbocycles. The van der Waals surface area contributed by atoms with Crippen molar-refractivity contribution in [3.05, 3.63) is 88.4 Å². The number of hydrogen-bond donors (Lipinski definition) is 1. The molecule has 5 nitrogen and oxygen atoms in total. The molecule has 0 aliphatic heterocycles. The molecule has 2 aromatic carbocycles. The quantitative estimate of drug-likeness (QED) is 0.325. The standard InChI is InChI=1S/C23H16Cl3FN4O/c1-31-22(29-23(32)20(26)14-2-5-16(27)6-3-14)19(13-8-10-28-11-9-13)21(30-31)15-4-7-17(24)18(25)12-15/h2-12,20H,1H3,(H,29,32). The van der Waals surface area contributed by atoms with E-state index in [4.69, 9.17) is 34.8 Å². The zero-order chi connectivity index (χ0) is 22.8. The average molecular weight is 490 g/mol. The van der Waals surface area contributed by atoms with Crippen LogP contribution in [0.5, 0.6) is 0 Å². The van der Waals surface area contributed by atoms with Gasteiger partial charge in [-0.05, 0) is 47.5 Å². The highest BCUT2D eigenvalue weighted by Gasteiger charge is 2.25. The minimum atomic E-state index is -1.02. The first-order valence-electron chi connectivity index (χ1n) is 9.48. The van der Waals surface area contributed by atoms with Crippen molar-refractivity contribution in [1.29, 1.82) is 0 Å². The molecule has 2 heterocycles. The van der Waals surface area contributed by atoms with Crippen molar-refractivity contribution >= 4 is 46.5 Å². The minimum Gasteiger partial charge on any atom is -0.309 e. The van der Waals surface area contributed by atoms with Crippen molar-refractivity contribution in [2.24, 2.45) is 7.05 Å². The number of carbonyl (C=O) groups is 1. The number of carbonyl (C=O) groups excluding carboxylic acids is 1. The molecule has 4 rings (SSSR count). The predicted octanol–water partition coefficient (Wildman–Crippen LogP) is 6.51. The van der Waals surface area contributed by atoms with Gasteiger partial charge in [0.15, 0.2) is 0 Å². The monoisotopic (exact) mass is 488 g/mol. The lowest BCUT2D eigenvalue weighted by atomic mass is 10.0. The highest BCUT2D eigenvalue weighted by molar-refractivity contribution is 6.42. The number of pyridine rings is 1. The molecule has 1 unspecified atom stereocenters. The van der Waals surface area contributed by atoms with Crippen LogP contribution in [0.25, 0.3) is 22.4 Å². The van der Waals surface area contributed by atoms with Crippen LogP contribution in [0.2, 0.25) is 10.0 Å². The van der Waals surface area contributed by atoms with Crippen LogP contribution in [-0.2, 0) is 11.8 Å². The van der Waals surface area contributed by atoms with Gasteiger partial charge in [-0.3, -0.25) is 14.5 Å². The van der Waals surface area contributed by atoms with Gasteiger partial charge in [-0.15, -0.1) is 11.6 Å². The maximum Gasteiger partial charge on any atom is 0.248 e. The molecule has 1 atom stereocenters. The minimum absolute atomic E-state index is 0.387. The summed E-state index contributed by atoms with van der Waals surface area (Å²) < 4.78 is 14.8. The fourth-order valence-corrected chi connectivity index (χ4v) is 3.77. The van der Waals surface area contributed by atoms with E-state index in [-0.39, 0.29) is 0 Å². The summed E-state index contributed by atoms with van der Waals surface area (Å²) in [5.41, 5.74) is 3.26. The van der Waals surface area contributed by atoms with E-state index in [1.807, 2.05) is 12.1 Å². The molecule has 2 aromatic heterocycles. The van der Waals surface area contributed by atoms with E-state index in [0.717, 1.165) is 11.1 Å². The Balaban J connectivity index is 1.78. The predicted molar refractivity (Wildman–Crippen MR) is 126 cm³/mol. The summed E-state index contributed by atoms with van der Waals surface area (Å²) in [7, 11) is 1.71. The molecule has 4 aromatic rings. The Bertz CT molecular complexity index is 1280. The summed E-state index contributed by atoms with van der Waals surface area (Å²) >= 11 is 18.7. The van der Waals surface area contributed by atoms with Gasteiger partial charge in [-0.25, -0.2) is 4.39 Å². The topological polar surface area (TPSA) is 59.8 Å². The van der Waals surface area contributed by atoms with E-state index in [2.05, 4.69) is 15.4 Å². The van der Waals surface area contributed by atoms with Crippen molar-refractivity contribution in [3.63, 3.8) is 0 Å². The van der Waals surface area contributed by atoms with Crippen molar-refractivity contribution in [3.8, 4) is 22.4 Å². The summed E-state index contributed by atoms with van der Waals surface area (Å²) in [6.45, 7) is 0. The molecular weight excluding hydrogens is 474 g/mol. The summed E-state index contributed by atoms with van der Waals surface area (Å²) in [5.74, 6) is -0.441. The number of benzene rings is 2. The van der Waals surface area contributed by atoms with E-state index in [1.54, 1.807) is 42.3 Å². The van der Waals surface area contributed by atoms with Gasteiger partial charge in [-0.1, -0.05) is 41.4 Å². The summed E-state index contributed by atoms with van der Waals surface area (Å²) in [5, 5.41) is 7.26. The van der Waals surface area contributed by atoms with Gasteiger partial charge < -0.3 is 5.32 Å². The number of amides is 1. The van der Waals surface area contributed by atoms with E-state index >= 15 is 0 Å². The number of rotatable bonds is 5. The number of hydrogen-bond acceptors (Lipinski definition) is 3. The Morgan fingerprint density at radius 2 is 1.69 bits per heavy atom. The molecule has 0 spiro atoms. The summed E-state index contributed by atoms with van der Waals surface area (Å²) in [6, 6.07) is 14.3. The van der Waals surface area contributed by atoms with Crippen LogP contribution in [0.3, 0.4) is 0 Å². The maximum atomic E-state index is 13.2. The third-order valence-corrected chi connectivity index (χ3v) is 6.03. The lowest BCUT2D eigenvalue weighted by Crippen LogP contribution is -2.19. The van der Waals surface area contributed by atoms with Gasteiger partial charge >= 0.3 is 0 Å². The number of aryl methyl sites for hydroxylation is 1. The van der Waals surface area contributed by atoms with Crippen LogP contribution in [0.15, 0.2) is 67.0 Å². The molecule has 0 radical (unpaired) electrons. The first-order valence-corrected chi connectivity index (χ1v) is 10.7. The van der Waals surface area contributed by atoms with Crippen LogP contribution < -0.4 is 5.32 Å². The fraction of sp³-hybridized carbons (Fsp3) is 0.0870. The smallest absolute Gasteiger partial charge is 0.248 e. The van der Waals surface area contributed by atoms with Crippen LogP contribution >= 0.6 is 34.8 Å². The van der Waals surface area contributed by atoms with Crippen LogP contribution in [0.1, 0.15) is 10.9 Å². The normalized spacial score (nSPS) is 11.9. The Labute approximate surface area is 198 Å². The van der Waals surface area contributed by atoms with Gasteiger partial charge in [0.2, 0.25) is 5.91 Å². The molecular formula is C23H16Cl3FN4O. The van der Waals surface area contributed by atoms with Gasteiger partial charge in [0.1, 0.15) is 22.7 Å². The van der Waals surface area contributed by atoms with E-state index < -0.39 is 17.1 Å². The lowest BCUT2D eigenvalue weighted by molar-refractivity contribution is -0.116. The average Bonchev–Trinajstić information content (AvgIpc) is 3.12. The van der Waals surface area contributed by atoms with Crippen molar-refractivity contribution in [2.75, 3.05) is 5.32 Å². The van der Waals surface area contributed by atoms with Gasteiger partial charge in [0.25, 0.3) is 0 Å². The number of halogens is 4. The molecule has 0 aliphatic carbocycles. The third kappa shape index (κ3) is 4.48. The van der Waals surface area contributed by atoms with Crippen molar-refractivity contribution in [2.45, 2.75) is 5.38 Å². The molecule has 32 heavy (non-hydrogen) atoms. The van der Waals surface area contributed by atoms with Gasteiger partial charge in [0.05, 0.1) is 15.6 Å². The Morgan fingerprint density at radius 1 is 1.00 bits per heavy atom. The second-order valence-corrected chi connectivity index (χ2v) is 8.21. The van der Waals surface area contributed by atoms with E-state index in [0.29, 0.717) is 32.7 Å². The van der Waals surface area contributed by atoms with E-state index in [1.165, 1.54) is 24.3 Å². The second-order valence-electron chi connectivity index (χ2n) is 6.96. The molecule has 162 valence electrons. The van der Waals surface area contributed by atoms with Gasteiger partial charge in [0, 0.05) is 25.0 Å². The number of aromatic nitrogens is 3. The lowest BCUT2D eigenvalue weighted by Gasteiger charge is -2.13. The zero-order valence-electron chi connectivity index (χ0n) is 16.7. The molecule has 1 N–H and O–H groups in total. The highest BCUT2D eigenvalue weighted by Crippen LogP contribution is 2.39. The zero-order valence-corrected chi connectivity index (χ0v) is 19.0. The number of anilines is 1. The first-order chi connectivity index (χ1) is 15.3.